The summed E-state index contributed by atoms with van der Waals surface area (Å²) >= 11 is 0. The van der Waals surface area contributed by atoms with Crippen molar-refractivity contribution in [1.82, 2.24) is 10.6 Å². The van der Waals surface area contributed by atoms with Crippen LogP contribution in [0.5, 0.6) is 5.75 Å². The molecular formula is C19H34IN3O2. The Hall–Kier alpha value is -1.02. The van der Waals surface area contributed by atoms with Crippen LogP contribution in [0.15, 0.2) is 29.3 Å². The summed E-state index contributed by atoms with van der Waals surface area (Å²) in [5.74, 6) is 2.26. The van der Waals surface area contributed by atoms with E-state index in [1.54, 1.807) is 7.05 Å². The van der Waals surface area contributed by atoms with E-state index in [1.165, 1.54) is 5.56 Å². The Morgan fingerprint density at radius 1 is 1.20 bits per heavy atom. The number of aliphatic imine (C=N–C) groups is 1. The normalized spacial score (nSPS) is 11.2. The Balaban J connectivity index is 0.00000576. The van der Waals surface area contributed by atoms with Gasteiger partial charge in [-0.05, 0) is 43.4 Å². The van der Waals surface area contributed by atoms with Gasteiger partial charge in [-0.1, -0.05) is 26.0 Å². The van der Waals surface area contributed by atoms with Gasteiger partial charge in [0.05, 0.1) is 6.61 Å². The average Bonchev–Trinajstić information content (AvgIpc) is 2.59. The third kappa shape index (κ3) is 12.0. The van der Waals surface area contributed by atoms with Gasteiger partial charge in [0.25, 0.3) is 0 Å². The molecule has 0 saturated heterocycles. The molecule has 0 radical (unpaired) electrons. The summed E-state index contributed by atoms with van der Waals surface area (Å²) in [7, 11) is 1.79. The van der Waals surface area contributed by atoms with Gasteiger partial charge >= 0.3 is 0 Å². The standard InChI is InChI=1S/C19H33N3O2.HI/c1-5-23-12-7-6-11-21-19(20-4)22-14-17-9-8-10-18(13-17)24-15-16(2)3;/h8-10,13,16H,5-7,11-12,14-15H2,1-4H3,(H2,20,21,22);1H. The van der Waals surface area contributed by atoms with Crippen LogP contribution in [0.1, 0.15) is 39.2 Å². The lowest BCUT2D eigenvalue weighted by atomic mass is 10.2. The highest BCUT2D eigenvalue weighted by molar-refractivity contribution is 14.0. The minimum absolute atomic E-state index is 0. The van der Waals surface area contributed by atoms with Gasteiger partial charge in [-0.15, -0.1) is 24.0 Å². The molecule has 0 aliphatic rings. The van der Waals surface area contributed by atoms with Gasteiger partial charge in [0.2, 0.25) is 0 Å². The van der Waals surface area contributed by atoms with Crippen LogP contribution < -0.4 is 15.4 Å². The molecule has 0 spiro atoms. The molecule has 0 atom stereocenters. The Morgan fingerprint density at radius 3 is 2.68 bits per heavy atom. The lowest BCUT2D eigenvalue weighted by Crippen LogP contribution is -2.37. The maximum absolute atomic E-state index is 5.77. The van der Waals surface area contributed by atoms with Gasteiger partial charge in [0.1, 0.15) is 5.75 Å². The van der Waals surface area contributed by atoms with Crippen LogP contribution in [0, 0.1) is 5.92 Å². The number of hydrogen-bond donors (Lipinski definition) is 2. The minimum atomic E-state index is 0. The second kappa shape index (κ2) is 15.3. The van der Waals surface area contributed by atoms with Crippen molar-refractivity contribution in [2.75, 3.05) is 33.4 Å². The van der Waals surface area contributed by atoms with Crippen LogP contribution in [0.3, 0.4) is 0 Å². The molecule has 2 N–H and O–H groups in total. The zero-order valence-electron chi connectivity index (χ0n) is 16.0. The monoisotopic (exact) mass is 463 g/mol. The number of unbranched alkanes of at least 4 members (excludes halogenated alkanes) is 1. The fraction of sp³-hybridized carbons (Fsp3) is 0.632. The molecule has 0 bridgehead atoms. The Morgan fingerprint density at radius 2 is 2.00 bits per heavy atom. The molecule has 0 saturated carbocycles. The molecule has 5 nitrogen and oxygen atoms in total. The predicted molar refractivity (Wildman–Crippen MR) is 116 cm³/mol. The first-order valence-corrected chi connectivity index (χ1v) is 8.89. The zero-order chi connectivity index (χ0) is 17.6. The van der Waals surface area contributed by atoms with E-state index in [1.807, 2.05) is 19.1 Å². The van der Waals surface area contributed by atoms with E-state index in [-0.39, 0.29) is 24.0 Å². The summed E-state index contributed by atoms with van der Waals surface area (Å²) in [6.45, 7) is 10.3. The van der Waals surface area contributed by atoms with Crippen molar-refractivity contribution in [3.8, 4) is 5.75 Å². The summed E-state index contributed by atoms with van der Waals surface area (Å²) in [6, 6.07) is 8.18. The van der Waals surface area contributed by atoms with Crippen LogP contribution in [0.25, 0.3) is 0 Å². The molecule has 0 aromatic heterocycles. The first-order valence-electron chi connectivity index (χ1n) is 8.89. The van der Waals surface area contributed by atoms with Crippen molar-refractivity contribution >= 4 is 29.9 Å². The van der Waals surface area contributed by atoms with Crippen molar-refractivity contribution in [3.63, 3.8) is 0 Å². The number of nitrogens with zero attached hydrogens (tertiary/aromatic N) is 1. The number of halogens is 1. The number of rotatable bonds is 11. The number of ether oxygens (including phenoxy) is 2. The van der Waals surface area contributed by atoms with E-state index in [4.69, 9.17) is 9.47 Å². The Bertz CT molecular complexity index is 481. The summed E-state index contributed by atoms with van der Waals surface area (Å²) in [5.41, 5.74) is 1.18. The predicted octanol–water partition coefficient (Wildman–Crippen LogP) is 3.82. The van der Waals surface area contributed by atoms with Crippen molar-refractivity contribution in [2.24, 2.45) is 10.9 Å². The molecule has 0 fully saturated rings. The molecule has 1 aromatic rings. The first kappa shape index (κ1) is 24.0. The molecule has 0 amide bonds. The van der Waals surface area contributed by atoms with Crippen molar-refractivity contribution < 1.29 is 9.47 Å². The first-order chi connectivity index (χ1) is 11.7. The Kier molecular flexibility index (Phi) is 14.6. The fourth-order valence-electron chi connectivity index (χ4n) is 2.09. The SMILES string of the molecule is CCOCCCCNC(=NC)NCc1cccc(OCC(C)C)c1.I. The van der Waals surface area contributed by atoms with E-state index in [0.717, 1.165) is 57.5 Å². The second-order valence-electron chi connectivity index (χ2n) is 6.11. The molecule has 6 heteroatoms. The molecular weight excluding hydrogens is 429 g/mol. The van der Waals surface area contributed by atoms with Crippen LogP contribution in [0.2, 0.25) is 0 Å². The van der Waals surface area contributed by atoms with Crippen LogP contribution in [-0.4, -0.2) is 39.4 Å². The molecule has 144 valence electrons. The maximum Gasteiger partial charge on any atom is 0.191 e. The van der Waals surface area contributed by atoms with Gasteiger partial charge < -0.3 is 20.1 Å². The third-order valence-corrected chi connectivity index (χ3v) is 3.38. The van der Waals surface area contributed by atoms with Crippen LogP contribution >= 0.6 is 24.0 Å². The number of nitrogens with one attached hydrogen (secondary N) is 2. The Labute approximate surface area is 170 Å². The number of guanidine groups is 1. The summed E-state index contributed by atoms with van der Waals surface area (Å²) in [6.07, 6.45) is 2.13. The van der Waals surface area contributed by atoms with E-state index >= 15 is 0 Å². The number of hydrogen-bond acceptors (Lipinski definition) is 3. The largest absolute Gasteiger partial charge is 0.493 e. The molecule has 1 aromatic carbocycles. The lowest BCUT2D eigenvalue weighted by molar-refractivity contribution is 0.143. The van der Waals surface area contributed by atoms with E-state index < -0.39 is 0 Å². The van der Waals surface area contributed by atoms with Gasteiger partial charge in [-0.25, -0.2) is 0 Å². The van der Waals surface area contributed by atoms with Gasteiger partial charge in [0, 0.05) is 33.4 Å². The van der Waals surface area contributed by atoms with Gasteiger partial charge in [-0.2, -0.15) is 0 Å². The fourth-order valence-corrected chi connectivity index (χ4v) is 2.09. The highest BCUT2D eigenvalue weighted by atomic mass is 127. The lowest BCUT2D eigenvalue weighted by Gasteiger charge is -2.13. The third-order valence-electron chi connectivity index (χ3n) is 3.38. The van der Waals surface area contributed by atoms with Crippen molar-refractivity contribution in [3.05, 3.63) is 29.8 Å². The van der Waals surface area contributed by atoms with Crippen LogP contribution in [0.4, 0.5) is 0 Å². The highest BCUT2D eigenvalue weighted by Gasteiger charge is 2.01. The average molecular weight is 463 g/mol. The quantitative estimate of drug-likeness (QED) is 0.227. The summed E-state index contributed by atoms with van der Waals surface area (Å²) < 4.78 is 11.1. The van der Waals surface area contributed by atoms with Crippen LogP contribution in [-0.2, 0) is 11.3 Å². The van der Waals surface area contributed by atoms with Gasteiger partial charge in [0.15, 0.2) is 5.96 Å². The second-order valence-corrected chi connectivity index (χ2v) is 6.11. The molecule has 1 rings (SSSR count). The topological polar surface area (TPSA) is 54.9 Å². The smallest absolute Gasteiger partial charge is 0.191 e. The van der Waals surface area contributed by atoms with Crippen molar-refractivity contribution in [2.45, 2.75) is 40.2 Å². The minimum Gasteiger partial charge on any atom is -0.493 e. The van der Waals surface area contributed by atoms with E-state index in [0.29, 0.717) is 5.92 Å². The van der Waals surface area contributed by atoms with E-state index in [9.17, 15) is 0 Å². The maximum atomic E-state index is 5.77. The molecule has 0 heterocycles. The summed E-state index contributed by atoms with van der Waals surface area (Å²) in [5, 5.41) is 6.66. The molecule has 0 aliphatic heterocycles. The molecule has 0 unspecified atom stereocenters. The summed E-state index contributed by atoms with van der Waals surface area (Å²) in [4.78, 5) is 4.25. The zero-order valence-corrected chi connectivity index (χ0v) is 18.3. The number of benzene rings is 1. The molecule has 0 aliphatic carbocycles. The molecule has 25 heavy (non-hydrogen) atoms. The highest BCUT2D eigenvalue weighted by Crippen LogP contribution is 2.14. The van der Waals surface area contributed by atoms with Crippen molar-refractivity contribution in [1.29, 1.82) is 0 Å². The van der Waals surface area contributed by atoms with E-state index in [2.05, 4.69) is 41.6 Å². The van der Waals surface area contributed by atoms with Gasteiger partial charge in [-0.3, -0.25) is 4.99 Å².